The minimum absolute atomic E-state index is 0.0952. The molecule has 0 radical (unpaired) electrons. The van der Waals surface area contributed by atoms with Crippen molar-refractivity contribution in [1.29, 1.82) is 0 Å². The molecule has 0 saturated carbocycles. The van der Waals surface area contributed by atoms with Crippen LogP contribution < -0.4 is 10.6 Å². The standard InChI is InChI=1S/C16H26N4O4/c1-5-24-16(23)20-8-6-19(7-9-20)14(21)12-11(4)17-15(22)18-13(12)10(2)3/h10,13H,5-9H2,1-4H3,(H2,17,18,22). The van der Waals surface area contributed by atoms with Crippen LogP contribution in [-0.4, -0.2) is 66.7 Å². The summed E-state index contributed by atoms with van der Waals surface area (Å²) in [5.41, 5.74) is 1.18. The number of rotatable bonds is 3. The number of nitrogens with one attached hydrogen (secondary N) is 2. The van der Waals surface area contributed by atoms with Gasteiger partial charge in [-0.3, -0.25) is 4.79 Å². The normalized spacial score (nSPS) is 21.5. The SMILES string of the molecule is CCOC(=O)N1CCN(C(=O)C2=C(C)NC(=O)NC2C(C)C)CC1. The van der Waals surface area contributed by atoms with E-state index in [0.29, 0.717) is 44.1 Å². The van der Waals surface area contributed by atoms with Crippen LogP contribution in [0.25, 0.3) is 0 Å². The molecule has 1 fully saturated rings. The van der Waals surface area contributed by atoms with Crippen LogP contribution in [0.3, 0.4) is 0 Å². The third-order valence-electron chi connectivity index (χ3n) is 4.29. The van der Waals surface area contributed by atoms with E-state index in [9.17, 15) is 14.4 Å². The fraction of sp³-hybridized carbons (Fsp3) is 0.688. The number of carbonyl (C=O) groups is 3. The summed E-state index contributed by atoms with van der Waals surface area (Å²) in [6, 6.07) is -0.593. The number of amides is 4. The summed E-state index contributed by atoms with van der Waals surface area (Å²) in [5, 5.41) is 5.50. The van der Waals surface area contributed by atoms with Gasteiger partial charge in [-0.1, -0.05) is 13.8 Å². The Morgan fingerprint density at radius 2 is 1.79 bits per heavy atom. The molecule has 2 heterocycles. The van der Waals surface area contributed by atoms with E-state index in [2.05, 4.69) is 10.6 Å². The predicted octanol–water partition coefficient (Wildman–Crippen LogP) is 0.899. The molecule has 1 unspecified atom stereocenters. The van der Waals surface area contributed by atoms with Gasteiger partial charge < -0.3 is 25.2 Å². The molecule has 24 heavy (non-hydrogen) atoms. The molecule has 0 aromatic rings. The number of piperazine rings is 1. The molecule has 2 aliphatic heterocycles. The van der Waals surface area contributed by atoms with Gasteiger partial charge in [0.25, 0.3) is 5.91 Å². The van der Waals surface area contributed by atoms with Gasteiger partial charge in [0.05, 0.1) is 18.2 Å². The van der Waals surface area contributed by atoms with Crippen molar-refractivity contribution in [2.24, 2.45) is 5.92 Å². The maximum Gasteiger partial charge on any atom is 0.409 e. The summed E-state index contributed by atoms with van der Waals surface area (Å²) in [7, 11) is 0. The first kappa shape index (κ1) is 18.1. The largest absolute Gasteiger partial charge is 0.450 e. The minimum Gasteiger partial charge on any atom is -0.450 e. The van der Waals surface area contributed by atoms with E-state index in [4.69, 9.17) is 4.74 Å². The summed E-state index contributed by atoms with van der Waals surface area (Å²) in [6.07, 6.45) is -0.341. The Bertz CT molecular complexity index is 550. The number of ether oxygens (including phenoxy) is 1. The first-order valence-corrected chi connectivity index (χ1v) is 8.34. The molecule has 1 saturated heterocycles. The van der Waals surface area contributed by atoms with Crippen molar-refractivity contribution in [2.45, 2.75) is 33.7 Å². The number of carbonyl (C=O) groups excluding carboxylic acids is 3. The Morgan fingerprint density at radius 3 is 2.33 bits per heavy atom. The summed E-state index contributed by atoms with van der Waals surface area (Å²) in [6.45, 7) is 9.59. The second-order valence-corrected chi connectivity index (χ2v) is 6.34. The molecule has 0 aromatic heterocycles. The topological polar surface area (TPSA) is 91.0 Å². The smallest absolute Gasteiger partial charge is 0.409 e. The lowest BCUT2D eigenvalue weighted by molar-refractivity contribution is -0.129. The number of hydrogen-bond acceptors (Lipinski definition) is 4. The molecular weight excluding hydrogens is 312 g/mol. The van der Waals surface area contributed by atoms with E-state index in [0.717, 1.165) is 0 Å². The van der Waals surface area contributed by atoms with Gasteiger partial charge in [-0.2, -0.15) is 0 Å². The summed E-state index contributed by atoms with van der Waals surface area (Å²) in [4.78, 5) is 39.7. The fourth-order valence-corrected chi connectivity index (χ4v) is 2.99. The van der Waals surface area contributed by atoms with Crippen LogP contribution in [-0.2, 0) is 9.53 Å². The van der Waals surface area contributed by atoms with Crippen molar-refractivity contribution in [3.05, 3.63) is 11.3 Å². The van der Waals surface area contributed by atoms with Gasteiger partial charge in [0.15, 0.2) is 0 Å². The van der Waals surface area contributed by atoms with Crippen LogP contribution in [0.15, 0.2) is 11.3 Å². The zero-order chi connectivity index (χ0) is 17.9. The van der Waals surface area contributed by atoms with Gasteiger partial charge in [-0.25, -0.2) is 9.59 Å². The second-order valence-electron chi connectivity index (χ2n) is 6.34. The number of nitrogens with zero attached hydrogens (tertiary/aromatic N) is 2. The van der Waals surface area contributed by atoms with Crippen LogP contribution in [0, 0.1) is 5.92 Å². The van der Waals surface area contributed by atoms with Crippen molar-refractivity contribution in [3.8, 4) is 0 Å². The summed E-state index contributed by atoms with van der Waals surface area (Å²) < 4.78 is 4.99. The van der Waals surface area contributed by atoms with Crippen molar-refractivity contribution in [1.82, 2.24) is 20.4 Å². The van der Waals surface area contributed by atoms with E-state index in [1.807, 2.05) is 13.8 Å². The molecule has 8 heteroatoms. The molecule has 8 nitrogen and oxygen atoms in total. The molecule has 2 aliphatic rings. The van der Waals surface area contributed by atoms with Gasteiger partial charge in [0.1, 0.15) is 0 Å². The quantitative estimate of drug-likeness (QED) is 0.800. The van der Waals surface area contributed by atoms with Crippen molar-refractivity contribution in [2.75, 3.05) is 32.8 Å². The van der Waals surface area contributed by atoms with Crippen LogP contribution in [0.1, 0.15) is 27.7 Å². The van der Waals surface area contributed by atoms with Crippen LogP contribution in [0.4, 0.5) is 9.59 Å². The Morgan fingerprint density at radius 1 is 1.21 bits per heavy atom. The molecule has 2 rings (SSSR count). The molecule has 2 N–H and O–H groups in total. The second kappa shape index (κ2) is 7.55. The Labute approximate surface area is 142 Å². The average Bonchev–Trinajstić information content (AvgIpc) is 2.54. The van der Waals surface area contributed by atoms with Crippen LogP contribution in [0.5, 0.6) is 0 Å². The molecule has 4 amide bonds. The zero-order valence-corrected chi connectivity index (χ0v) is 14.7. The molecule has 0 aliphatic carbocycles. The van der Waals surface area contributed by atoms with Gasteiger partial charge in [-0.15, -0.1) is 0 Å². The van der Waals surface area contributed by atoms with Crippen molar-refractivity contribution < 1.29 is 19.1 Å². The van der Waals surface area contributed by atoms with Gasteiger partial charge in [0.2, 0.25) is 0 Å². The third-order valence-corrected chi connectivity index (χ3v) is 4.29. The highest BCUT2D eigenvalue weighted by Gasteiger charge is 2.35. The monoisotopic (exact) mass is 338 g/mol. The molecule has 0 bridgehead atoms. The minimum atomic E-state index is -0.341. The maximum absolute atomic E-state index is 12.9. The number of urea groups is 1. The first-order valence-electron chi connectivity index (χ1n) is 8.34. The molecule has 134 valence electrons. The highest BCUT2D eigenvalue weighted by Crippen LogP contribution is 2.21. The van der Waals surface area contributed by atoms with Crippen LogP contribution in [0.2, 0.25) is 0 Å². The Balaban J connectivity index is 2.07. The first-order chi connectivity index (χ1) is 11.3. The van der Waals surface area contributed by atoms with Crippen LogP contribution >= 0.6 is 0 Å². The van der Waals surface area contributed by atoms with Gasteiger partial charge >= 0.3 is 12.1 Å². The van der Waals surface area contributed by atoms with Crippen molar-refractivity contribution >= 4 is 18.0 Å². The van der Waals surface area contributed by atoms with Gasteiger partial charge in [-0.05, 0) is 19.8 Å². The number of hydrogen-bond donors (Lipinski definition) is 2. The van der Waals surface area contributed by atoms with Crippen molar-refractivity contribution in [3.63, 3.8) is 0 Å². The predicted molar refractivity (Wildman–Crippen MR) is 88.2 cm³/mol. The van der Waals surface area contributed by atoms with E-state index in [1.54, 1.807) is 23.6 Å². The highest BCUT2D eigenvalue weighted by atomic mass is 16.6. The highest BCUT2D eigenvalue weighted by molar-refractivity contribution is 5.98. The molecular formula is C16H26N4O4. The molecule has 0 spiro atoms. The van der Waals surface area contributed by atoms with Gasteiger partial charge in [0, 0.05) is 31.9 Å². The Hall–Kier alpha value is -2.25. The fourth-order valence-electron chi connectivity index (χ4n) is 2.99. The number of allylic oxidation sites excluding steroid dienone is 1. The maximum atomic E-state index is 12.9. The van der Waals surface area contributed by atoms with E-state index in [1.165, 1.54) is 0 Å². The zero-order valence-electron chi connectivity index (χ0n) is 14.7. The molecule has 0 aromatic carbocycles. The van der Waals surface area contributed by atoms with E-state index < -0.39 is 0 Å². The Kier molecular flexibility index (Phi) is 5.69. The lowest BCUT2D eigenvalue weighted by Crippen LogP contribution is -2.56. The lowest BCUT2D eigenvalue weighted by atomic mass is 9.92. The molecule has 1 atom stereocenters. The summed E-state index contributed by atoms with van der Waals surface area (Å²) in [5.74, 6) is 0.00739. The van der Waals surface area contributed by atoms with E-state index >= 15 is 0 Å². The third kappa shape index (κ3) is 3.80. The van der Waals surface area contributed by atoms with E-state index in [-0.39, 0.29) is 30.0 Å². The summed E-state index contributed by atoms with van der Waals surface area (Å²) >= 11 is 0. The average molecular weight is 338 g/mol. The lowest BCUT2D eigenvalue weighted by Gasteiger charge is -2.37.